The van der Waals surface area contributed by atoms with Crippen molar-refractivity contribution in [3.8, 4) is 0 Å². The molecule has 1 aromatic rings. The molecular formula is C19H29FN4O5. The molecule has 2 amide bonds. The summed E-state index contributed by atoms with van der Waals surface area (Å²) in [5.41, 5.74) is 0.872. The number of carbonyl (C=O) groups is 3. The first-order valence-corrected chi connectivity index (χ1v) is 9.34. The number of aromatic nitrogens is 1. The van der Waals surface area contributed by atoms with E-state index in [0.717, 1.165) is 5.69 Å². The Hall–Kier alpha value is -2.59. The minimum Gasteiger partial charge on any atom is -0.483 e. The normalized spacial score (nSPS) is 18.6. The molecule has 2 atom stereocenters. The van der Waals surface area contributed by atoms with E-state index in [4.69, 9.17) is 14.6 Å². The number of alkyl halides is 1. The maximum atomic E-state index is 14.0. The first kappa shape index (κ1) is 24.4. The van der Waals surface area contributed by atoms with Crippen LogP contribution in [-0.2, 0) is 25.7 Å². The molecule has 0 unspecified atom stereocenters. The van der Waals surface area contributed by atoms with E-state index in [0.29, 0.717) is 19.7 Å². The number of hydrogen-bond donors (Lipinski definition) is 2. The number of halogens is 1. The van der Waals surface area contributed by atoms with Crippen LogP contribution in [0.1, 0.15) is 19.0 Å². The second kappa shape index (κ2) is 13.6. The molecule has 1 aliphatic rings. The Morgan fingerprint density at radius 3 is 2.79 bits per heavy atom. The summed E-state index contributed by atoms with van der Waals surface area (Å²) in [7, 11) is 1.82. The van der Waals surface area contributed by atoms with Gasteiger partial charge >= 0.3 is 0 Å². The van der Waals surface area contributed by atoms with Gasteiger partial charge in [-0.3, -0.25) is 24.3 Å². The average molecular weight is 412 g/mol. The zero-order chi connectivity index (χ0) is 21.6. The van der Waals surface area contributed by atoms with Crippen LogP contribution in [-0.4, -0.2) is 90.3 Å². The standard InChI is InChI=1S/C18H27FN4O3.CH2O2/c1-3-26-13-18(25)23-9-14(19)8-16(11-23)21-17(24)12-22(2)10-15-6-4-5-7-20-15;2-1-3/h4-7,14,16H,3,8-13H2,1-2H3,(H,21,24);1H,(H,2,3)/t14-,16+;/m1./s1. The average Bonchev–Trinajstić information content (AvgIpc) is 2.66. The molecule has 1 aromatic heterocycles. The predicted octanol–water partition coefficient (Wildman–Crippen LogP) is 0.306. The zero-order valence-corrected chi connectivity index (χ0v) is 16.8. The summed E-state index contributed by atoms with van der Waals surface area (Å²) in [4.78, 5) is 40.1. The SMILES string of the molecule is CCOCC(=O)N1C[C@H](F)C[C@H](NC(=O)CN(C)Cc2ccccn2)C1.O=CO. The Morgan fingerprint density at radius 1 is 1.45 bits per heavy atom. The third-order valence-corrected chi connectivity index (χ3v) is 4.12. The summed E-state index contributed by atoms with van der Waals surface area (Å²) < 4.78 is 19.1. The Balaban J connectivity index is 0.00000132. The first-order chi connectivity index (χ1) is 13.9. The molecule has 2 heterocycles. The van der Waals surface area contributed by atoms with E-state index in [1.165, 1.54) is 4.90 Å². The third kappa shape index (κ3) is 9.95. The van der Waals surface area contributed by atoms with Crippen molar-refractivity contribution in [3.63, 3.8) is 0 Å². The lowest BCUT2D eigenvalue weighted by molar-refractivity contribution is -0.139. The van der Waals surface area contributed by atoms with Gasteiger partial charge in [0.05, 0.1) is 18.8 Å². The lowest BCUT2D eigenvalue weighted by atomic mass is 10.0. The molecule has 9 nitrogen and oxygen atoms in total. The van der Waals surface area contributed by atoms with Crippen molar-refractivity contribution >= 4 is 18.3 Å². The largest absolute Gasteiger partial charge is 0.483 e. The highest BCUT2D eigenvalue weighted by Gasteiger charge is 2.30. The summed E-state index contributed by atoms with van der Waals surface area (Å²) in [6.45, 7) is 3.00. The van der Waals surface area contributed by atoms with Gasteiger partial charge in [-0.1, -0.05) is 6.07 Å². The van der Waals surface area contributed by atoms with Crippen LogP contribution in [0.25, 0.3) is 0 Å². The van der Waals surface area contributed by atoms with Crippen molar-refractivity contribution in [2.75, 3.05) is 39.9 Å². The van der Waals surface area contributed by atoms with E-state index in [9.17, 15) is 14.0 Å². The molecule has 0 spiro atoms. The maximum absolute atomic E-state index is 14.0. The molecule has 29 heavy (non-hydrogen) atoms. The molecule has 1 aliphatic heterocycles. The van der Waals surface area contributed by atoms with E-state index in [-0.39, 0.29) is 50.4 Å². The molecule has 0 aliphatic carbocycles. The quantitative estimate of drug-likeness (QED) is 0.591. The summed E-state index contributed by atoms with van der Waals surface area (Å²) in [6, 6.07) is 5.24. The molecule has 2 N–H and O–H groups in total. The number of ether oxygens (including phenoxy) is 1. The van der Waals surface area contributed by atoms with Gasteiger partial charge in [0.1, 0.15) is 12.8 Å². The van der Waals surface area contributed by atoms with E-state index in [1.54, 1.807) is 13.1 Å². The molecule has 162 valence electrons. The number of rotatable bonds is 8. The van der Waals surface area contributed by atoms with Gasteiger partial charge in [-0.05, 0) is 26.1 Å². The highest BCUT2D eigenvalue weighted by atomic mass is 19.1. The Morgan fingerprint density at radius 2 is 2.17 bits per heavy atom. The fourth-order valence-electron chi connectivity index (χ4n) is 2.97. The first-order valence-electron chi connectivity index (χ1n) is 9.34. The van der Waals surface area contributed by atoms with Crippen LogP contribution in [0, 0.1) is 0 Å². The third-order valence-electron chi connectivity index (χ3n) is 4.12. The molecule has 1 fully saturated rings. The van der Waals surface area contributed by atoms with Crippen LogP contribution in [0.15, 0.2) is 24.4 Å². The van der Waals surface area contributed by atoms with Gasteiger partial charge in [0.25, 0.3) is 6.47 Å². The van der Waals surface area contributed by atoms with Crippen molar-refractivity contribution in [1.29, 1.82) is 0 Å². The van der Waals surface area contributed by atoms with Crippen LogP contribution >= 0.6 is 0 Å². The minimum absolute atomic E-state index is 0.0534. The number of pyridine rings is 1. The van der Waals surface area contributed by atoms with Gasteiger partial charge in [0.15, 0.2) is 0 Å². The highest BCUT2D eigenvalue weighted by Crippen LogP contribution is 2.14. The number of likely N-dealkylation sites (N-methyl/N-ethyl adjacent to an activating group) is 1. The monoisotopic (exact) mass is 412 g/mol. The van der Waals surface area contributed by atoms with Crippen LogP contribution in [0.4, 0.5) is 4.39 Å². The van der Waals surface area contributed by atoms with Crippen molar-refractivity contribution in [2.24, 2.45) is 0 Å². The topological polar surface area (TPSA) is 112 Å². The van der Waals surface area contributed by atoms with E-state index in [1.807, 2.05) is 30.1 Å². The van der Waals surface area contributed by atoms with Crippen molar-refractivity contribution in [2.45, 2.75) is 32.1 Å². The van der Waals surface area contributed by atoms with Gasteiger partial charge < -0.3 is 20.1 Å². The van der Waals surface area contributed by atoms with Crippen LogP contribution < -0.4 is 5.32 Å². The second-order valence-electron chi connectivity index (χ2n) is 6.63. The fraction of sp³-hybridized carbons (Fsp3) is 0.579. The number of likely N-dealkylation sites (tertiary alicyclic amines) is 1. The van der Waals surface area contributed by atoms with Crippen LogP contribution in [0.2, 0.25) is 0 Å². The van der Waals surface area contributed by atoms with Gasteiger partial charge in [-0.25, -0.2) is 4.39 Å². The van der Waals surface area contributed by atoms with Crippen molar-refractivity contribution in [3.05, 3.63) is 30.1 Å². The molecule has 0 radical (unpaired) electrons. The van der Waals surface area contributed by atoms with Gasteiger partial charge in [-0.2, -0.15) is 0 Å². The van der Waals surface area contributed by atoms with Crippen LogP contribution in [0.5, 0.6) is 0 Å². The maximum Gasteiger partial charge on any atom is 0.290 e. The number of nitrogens with one attached hydrogen (secondary N) is 1. The molecule has 2 rings (SSSR count). The van der Waals surface area contributed by atoms with E-state index < -0.39 is 6.17 Å². The summed E-state index contributed by atoms with van der Waals surface area (Å²) >= 11 is 0. The molecule has 0 aromatic carbocycles. The Kier molecular flexibility index (Phi) is 11.4. The number of amides is 2. The highest BCUT2D eigenvalue weighted by molar-refractivity contribution is 5.79. The van der Waals surface area contributed by atoms with Crippen molar-refractivity contribution < 1.29 is 28.6 Å². The van der Waals surface area contributed by atoms with E-state index >= 15 is 0 Å². The van der Waals surface area contributed by atoms with Crippen LogP contribution in [0.3, 0.4) is 0 Å². The molecule has 10 heteroatoms. The number of hydrogen-bond acceptors (Lipinski definition) is 6. The molecule has 0 saturated carbocycles. The number of carbonyl (C=O) groups excluding carboxylic acids is 2. The zero-order valence-electron chi connectivity index (χ0n) is 16.8. The Bertz CT molecular complexity index is 634. The summed E-state index contributed by atoms with van der Waals surface area (Å²) in [5.74, 6) is -0.444. The summed E-state index contributed by atoms with van der Waals surface area (Å²) in [6.07, 6.45) is 0.778. The second-order valence-corrected chi connectivity index (χ2v) is 6.63. The van der Waals surface area contributed by atoms with E-state index in [2.05, 4.69) is 10.3 Å². The Labute approximate surface area is 169 Å². The number of piperidine rings is 1. The van der Waals surface area contributed by atoms with Crippen molar-refractivity contribution in [1.82, 2.24) is 20.1 Å². The molecular weight excluding hydrogens is 383 g/mol. The lowest BCUT2D eigenvalue weighted by Crippen LogP contribution is -2.55. The predicted molar refractivity (Wildman–Crippen MR) is 104 cm³/mol. The number of carboxylic acid groups (broad SMARTS) is 1. The number of nitrogens with zero attached hydrogens (tertiary/aromatic N) is 3. The fourth-order valence-corrected chi connectivity index (χ4v) is 2.97. The smallest absolute Gasteiger partial charge is 0.290 e. The minimum atomic E-state index is -1.15. The lowest BCUT2D eigenvalue weighted by Gasteiger charge is -2.35. The summed E-state index contributed by atoms with van der Waals surface area (Å²) in [5, 5.41) is 9.72. The van der Waals surface area contributed by atoms with Gasteiger partial charge in [-0.15, -0.1) is 0 Å². The van der Waals surface area contributed by atoms with Gasteiger partial charge in [0.2, 0.25) is 11.8 Å². The molecule has 0 bridgehead atoms. The molecule has 1 saturated heterocycles. The van der Waals surface area contributed by atoms with Gasteiger partial charge in [0, 0.05) is 38.4 Å².